The van der Waals surface area contributed by atoms with E-state index in [-0.39, 0.29) is 17.6 Å². The van der Waals surface area contributed by atoms with Crippen molar-refractivity contribution in [3.8, 4) is 0 Å². The molecule has 0 amide bonds. The Bertz CT molecular complexity index is 686. The van der Waals surface area contributed by atoms with E-state index in [1.807, 2.05) is 24.5 Å². The standard InChI is InChI=1S/C13H16FNO2S/c1-9(2)15-10(8-18(3,16)17)7-11-12(14)5-4-6-13(11)15/h4-7,9H,8H2,1-3H3. The molecule has 2 rings (SSSR count). The van der Waals surface area contributed by atoms with Gasteiger partial charge in [-0.05, 0) is 32.0 Å². The van der Waals surface area contributed by atoms with Crippen LogP contribution in [0.1, 0.15) is 25.6 Å². The average molecular weight is 269 g/mol. The minimum absolute atomic E-state index is 0.0701. The molecular formula is C13H16FNO2S. The van der Waals surface area contributed by atoms with Crippen LogP contribution in [0.2, 0.25) is 0 Å². The highest BCUT2D eigenvalue weighted by molar-refractivity contribution is 7.89. The molecule has 0 aliphatic carbocycles. The van der Waals surface area contributed by atoms with Gasteiger partial charge < -0.3 is 4.57 Å². The van der Waals surface area contributed by atoms with Crippen molar-refractivity contribution in [2.75, 3.05) is 6.26 Å². The maximum atomic E-state index is 13.7. The molecule has 0 bridgehead atoms. The van der Waals surface area contributed by atoms with Crippen LogP contribution in [0.4, 0.5) is 4.39 Å². The number of benzene rings is 1. The van der Waals surface area contributed by atoms with Gasteiger partial charge in [-0.2, -0.15) is 0 Å². The second-order valence-electron chi connectivity index (χ2n) is 4.84. The molecule has 0 aliphatic heterocycles. The molecule has 0 fully saturated rings. The first-order valence-corrected chi connectivity index (χ1v) is 7.81. The molecular weight excluding hydrogens is 253 g/mol. The van der Waals surface area contributed by atoms with Crippen molar-refractivity contribution in [1.82, 2.24) is 4.57 Å². The van der Waals surface area contributed by atoms with E-state index in [1.165, 1.54) is 12.3 Å². The third kappa shape index (κ3) is 2.41. The number of rotatable bonds is 3. The van der Waals surface area contributed by atoms with E-state index in [9.17, 15) is 12.8 Å². The van der Waals surface area contributed by atoms with Gasteiger partial charge in [0.05, 0.1) is 11.3 Å². The molecule has 1 aromatic heterocycles. The second-order valence-corrected chi connectivity index (χ2v) is 6.98. The first-order valence-electron chi connectivity index (χ1n) is 5.75. The maximum absolute atomic E-state index is 13.7. The average Bonchev–Trinajstić information content (AvgIpc) is 2.54. The van der Waals surface area contributed by atoms with E-state index in [0.29, 0.717) is 11.1 Å². The predicted molar refractivity (Wildman–Crippen MR) is 70.8 cm³/mol. The Labute approximate surface area is 106 Å². The van der Waals surface area contributed by atoms with E-state index >= 15 is 0 Å². The molecule has 0 saturated carbocycles. The van der Waals surface area contributed by atoms with Crippen LogP contribution in [0.25, 0.3) is 10.9 Å². The summed E-state index contributed by atoms with van der Waals surface area (Å²) in [4.78, 5) is 0. The van der Waals surface area contributed by atoms with Gasteiger partial charge in [0.15, 0.2) is 9.84 Å². The van der Waals surface area contributed by atoms with Crippen molar-refractivity contribution < 1.29 is 12.8 Å². The highest BCUT2D eigenvalue weighted by Crippen LogP contribution is 2.27. The fourth-order valence-corrected chi connectivity index (χ4v) is 3.02. The number of nitrogens with zero attached hydrogens (tertiary/aromatic N) is 1. The Balaban J connectivity index is 2.73. The Morgan fingerprint density at radius 3 is 2.56 bits per heavy atom. The van der Waals surface area contributed by atoms with Crippen LogP contribution in [-0.4, -0.2) is 19.2 Å². The number of halogens is 1. The fraction of sp³-hybridized carbons (Fsp3) is 0.385. The van der Waals surface area contributed by atoms with Gasteiger partial charge in [-0.15, -0.1) is 0 Å². The zero-order chi connectivity index (χ0) is 13.5. The van der Waals surface area contributed by atoms with E-state index in [2.05, 4.69) is 0 Å². The predicted octanol–water partition coefficient (Wildman–Crippen LogP) is 2.91. The summed E-state index contributed by atoms with van der Waals surface area (Å²) in [6.07, 6.45) is 1.19. The van der Waals surface area contributed by atoms with Crippen molar-refractivity contribution >= 4 is 20.7 Å². The first-order chi connectivity index (χ1) is 8.29. The third-order valence-corrected chi connectivity index (χ3v) is 3.66. The molecule has 1 aromatic carbocycles. The topological polar surface area (TPSA) is 39.1 Å². The lowest BCUT2D eigenvalue weighted by Crippen LogP contribution is -2.09. The molecule has 1 heterocycles. The maximum Gasteiger partial charge on any atom is 0.153 e. The summed E-state index contributed by atoms with van der Waals surface area (Å²) in [5.74, 6) is -0.388. The number of hydrogen-bond acceptors (Lipinski definition) is 2. The normalized spacial score (nSPS) is 12.5. The van der Waals surface area contributed by atoms with Crippen LogP contribution in [0, 0.1) is 5.82 Å². The van der Waals surface area contributed by atoms with Crippen molar-refractivity contribution in [2.24, 2.45) is 0 Å². The number of sulfone groups is 1. The molecule has 98 valence electrons. The minimum Gasteiger partial charge on any atom is -0.341 e. The van der Waals surface area contributed by atoms with Crippen molar-refractivity contribution in [2.45, 2.75) is 25.6 Å². The Kier molecular flexibility index (Phi) is 3.19. The number of hydrogen-bond donors (Lipinski definition) is 0. The molecule has 3 nitrogen and oxygen atoms in total. The van der Waals surface area contributed by atoms with Gasteiger partial charge in [-0.3, -0.25) is 0 Å². The van der Waals surface area contributed by atoms with Gasteiger partial charge in [-0.25, -0.2) is 12.8 Å². The van der Waals surface area contributed by atoms with Crippen LogP contribution in [0.15, 0.2) is 24.3 Å². The Morgan fingerprint density at radius 1 is 1.33 bits per heavy atom. The monoisotopic (exact) mass is 269 g/mol. The Hall–Kier alpha value is -1.36. The SMILES string of the molecule is CC(C)n1c(CS(C)(=O)=O)cc2c(F)cccc21. The minimum atomic E-state index is -3.14. The first kappa shape index (κ1) is 13.1. The van der Waals surface area contributed by atoms with Crippen LogP contribution in [0.3, 0.4) is 0 Å². The molecule has 0 N–H and O–H groups in total. The highest BCUT2D eigenvalue weighted by Gasteiger charge is 2.16. The van der Waals surface area contributed by atoms with Crippen LogP contribution < -0.4 is 0 Å². The zero-order valence-corrected chi connectivity index (χ0v) is 11.5. The van der Waals surface area contributed by atoms with Gasteiger partial charge >= 0.3 is 0 Å². The number of fused-ring (bicyclic) bond motifs is 1. The molecule has 0 atom stereocenters. The molecule has 0 saturated heterocycles. The molecule has 0 unspecified atom stereocenters. The van der Waals surface area contributed by atoms with E-state index in [0.717, 1.165) is 5.52 Å². The molecule has 5 heteroatoms. The molecule has 0 radical (unpaired) electrons. The number of aromatic nitrogens is 1. The van der Waals surface area contributed by atoms with Crippen LogP contribution in [-0.2, 0) is 15.6 Å². The largest absolute Gasteiger partial charge is 0.341 e. The highest BCUT2D eigenvalue weighted by atomic mass is 32.2. The van der Waals surface area contributed by atoms with E-state index in [4.69, 9.17) is 0 Å². The summed E-state index contributed by atoms with van der Waals surface area (Å²) in [7, 11) is -3.14. The summed E-state index contributed by atoms with van der Waals surface area (Å²) in [6, 6.07) is 6.55. The zero-order valence-electron chi connectivity index (χ0n) is 10.6. The Morgan fingerprint density at radius 2 is 2.00 bits per heavy atom. The van der Waals surface area contributed by atoms with Crippen molar-refractivity contribution in [3.05, 3.63) is 35.8 Å². The lowest BCUT2D eigenvalue weighted by atomic mass is 10.2. The van der Waals surface area contributed by atoms with Gasteiger partial charge in [0.1, 0.15) is 5.82 Å². The van der Waals surface area contributed by atoms with Crippen LogP contribution >= 0.6 is 0 Å². The molecule has 2 aromatic rings. The molecule has 18 heavy (non-hydrogen) atoms. The quantitative estimate of drug-likeness (QED) is 0.859. The summed E-state index contributed by atoms with van der Waals surface area (Å²) in [5.41, 5.74) is 1.37. The van der Waals surface area contributed by atoms with Gasteiger partial charge in [-0.1, -0.05) is 6.07 Å². The van der Waals surface area contributed by atoms with Gasteiger partial charge in [0, 0.05) is 23.4 Å². The van der Waals surface area contributed by atoms with Gasteiger partial charge in [0.25, 0.3) is 0 Å². The van der Waals surface area contributed by atoms with Crippen LogP contribution in [0.5, 0.6) is 0 Å². The van der Waals surface area contributed by atoms with E-state index in [1.54, 1.807) is 12.1 Å². The van der Waals surface area contributed by atoms with Crippen molar-refractivity contribution in [3.63, 3.8) is 0 Å². The fourth-order valence-electron chi connectivity index (χ4n) is 2.26. The van der Waals surface area contributed by atoms with E-state index < -0.39 is 9.84 Å². The van der Waals surface area contributed by atoms with Crippen molar-refractivity contribution in [1.29, 1.82) is 0 Å². The smallest absolute Gasteiger partial charge is 0.153 e. The summed E-state index contributed by atoms with van der Waals surface area (Å²) in [6.45, 7) is 3.91. The lowest BCUT2D eigenvalue weighted by molar-refractivity contribution is 0.585. The summed E-state index contributed by atoms with van der Waals surface area (Å²) in [5, 5.41) is 0.477. The lowest BCUT2D eigenvalue weighted by Gasteiger charge is -2.14. The second kappa shape index (κ2) is 4.39. The summed E-state index contributed by atoms with van der Waals surface area (Å²) >= 11 is 0. The molecule has 0 spiro atoms. The third-order valence-electron chi connectivity index (χ3n) is 2.84. The van der Waals surface area contributed by atoms with Gasteiger partial charge in [0.2, 0.25) is 0 Å². The summed E-state index contributed by atoms with van der Waals surface area (Å²) < 4.78 is 38.4. The molecule has 0 aliphatic rings.